The van der Waals surface area contributed by atoms with Crippen LogP contribution < -0.4 is 34.7 Å². The topological polar surface area (TPSA) is 55.8 Å². The van der Waals surface area contributed by atoms with Crippen LogP contribution in [0.15, 0.2) is 60.7 Å². The zero-order valence-electron chi connectivity index (χ0n) is 15.9. The number of hydrogen-bond donors (Lipinski definition) is 0. The standard InChI is InChI=1S/C21H26N2O3.Na/c24-20(25)17-23-13-11-22(12-14-23)15-16-26-21(18-7-3-1-4-8-18)19-9-5-2-6-10-19;/h1-10,21H,11-17H2,(H,24,25);/q;+1/p-1. The minimum atomic E-state index is -1.00. The predicted octanol–water partition coefficient (Wildman–Crippen LogP) is -1.84. The second kappa shape index (κ2) is 11.6. The number of nitrogens with zero attached hydrogens (tertiary/aromatic N) is 2. The van der Waals surface area contributed by atoms with Gasteiger partial charge in [0.2, 0.25) is 0 Å². The van der Waals surface area contributed by atoms with Crippen LogP contribution in [-0.2, 0) is 9.53 Å². The van der Waals surface area contributed by atoms with Crippen LogP contribution in [0.3, 0.4) is 0 Å². The fraction of sp³-hybridized carbons (Fsp3) is 0.381. The van der Waals surface area contributed by atoms with Crippen LogP contribution in [-0.4, -0.2) is 61.6 Å². The van der Waals surface area contributed by atoms with Crippen molar-refractivity contribution in [3.05, 3.63) is 71.8 Å². The van der Waals surface area contributed by atoms with Gasteiger partial charge in [-0.25, -0.2) is 0 Å². The summed E-state index contributed by atoms with van der Waals surface area (Å²) in [6.45, 7) is 4.73. The third kappa shape index (κ3) is 7.03. The fourth-order valence-corrected chi connectivity index (χ4v) is 3.29. The van der Waals surface area contributed by atoms with Gasteiger partial charge in [-0.2, -0.15) is 0 Å². The van der Waals surface area contributed by atoms with Crippen LogP contribution in [0.4, 0.5) is 0 Å². The van der Waals surface area contributed by atoms with E-state index in [9.17, 15) is 9.90 Å². The molecule has 27 heavy (non-hydrogen) atoms. The summed E-state index contributed by atoms with van der Waals surface area (Å²) in [7, 11) is 0. The van der Waals surface area contributed by atoms with Gasteiger partial charge < -0.3 is 14.6 Å². The Morgan fingerprint density at radius 3 is 1.85 bits per heavy atom. The molecule has 1 aliphatic heterocycles. The van der Waals surface area contributed by atoms with Crippen molar-refractivity contribution in [3.8, 4) is 0 Å². The number of piperazine rings is 1. The molecule has 0 aliphatic carbocycles. The molecule has 2 aromatic rings. The van der Waals surface area contributed by atoms with Crippen LogP contribution in [0.2, 0.25) is 0 Å². The van der Waals surface area contributed by atoms with Crippen molar-refractivity contribution in [1.82, 2.24) is 9.80 Å². The number of carboxylic acids is 1. The van der Waals surface area contributed by atoms with Gasteiger partial charge >= 0.3 is 29.6 Å². The first-order valence-corrected chi connectivity index (χ1v) is 9.08. The van der Waals surface area contributed by atoms with Crippen molar-refractivity contribution in [3.63, 3.8) is 0 Å². The number of carbonyl (C=O) groups is 1. The first kappa shape index (κ1) is 22.1. The van der Waals surface area contributed by atoms with Gasteiger partial charge in [0, 0.05) is 39.3 Å². The third-order valence-corrected chi connectivity index (χ3v) is 4.71. The number of carbonyl (C=O) groups excluding carboxylic acids is 1. The Morgan fingerprint density at radius 2 is 1.37 bits per heavy atom. The van der Waals surface area contributed by atoms with E-state index < -0.39 is 5.97 Å². The largest absolute Gasteiger partial charge is 1.00 e. The zero-order chi connectivity index (χ0) is 18.2. The monoisotopic (exact) mass is 376 g/mol. The zero-order valence-corrected chi connectivity index (χ0v) is 17.9. The molecule has 0 atom stereocenters. The van der Waals surface area contributed by atoms with Gasteiger partial charge in [0.05, 0.1) is 12.6 Å². The molecule has 3 rings (SSSR count). The summed E-state index contributed by atoms with van der Waals surface area (Å²) >= 11 is 0. The Balaban J connectivity index is 0.00000261. The smallest absolute Gasteiger partial charge is 0.549 e. The molecule has 1 saturated heterocycles. The van der Waals surface area contributed by atoms with Crippen molar-refractivity contribution in [2.75, 3.05) is 45.9 Å². The minimum absolute atomic E-state index is 0. The molecule has 1 fully saturated rings. The van der Waals surface area contributed by atoms with Crippen molar-refractivity contribution in [1.29, 1.82) is 0 Å². The average molecular weight is 376 g/mol. The molecule has 6 heteroatoms. The van der Waals surface area contributed by atoms with E-state index in [1.54, 1.807) is 0 Å². The van der Waals surface area contributed by atoms with Crippen LogP contribution in [0, 0.1) is 0 Å². The molecule has 1 heterocycles. The average Bonchev–Trinajstić information content (AvgIpc) is 2.67. The maximum atomic E-state index is 10.7. The van der Waals surface area contributed by atoms with E-state index in [0.29, 0.717) is 6.61 Å². The summed E-state index contributed by atoms with van der Waals surface area (Å²) in [4.78, 5) is 14.9. The minimum Gasteiger partial charge on any atom is -0.549 e. The molecule has 0 radical (unpaired) electrons. The second-order valence-electron chi connectivity index (χ2n) is 6.56. The van der Waals surface area contributed by atoms with Gasteiger partial charge in [-0.1, -0.05) is 60.7 Å². The Hall–Kier alpha value is -1.21. The number of benzene rings is 2. The van der Waals surface area contributed by atoms with Crippen molar-refractivity contribution in [2.24, 2.45) is 0 Å². The van der Waals surface area contributed by atoms with E-state index in [-0.39, 0.29) is 42.2 Å². The number of carboxylic acid groups (broad SMARTS) is 1. The molecule has 138 valence electrons. The van der Waals surface area contributed by atoms with Gasteiger partial charge in [0.1, 0.15) is 6.10 Å². The summed E-state index contributed by atoms with van der Waals surface area (Å²) < 4.78 is 6.25. The molecule has 0 amide bonds. The van der Waals surface area contributed by atoms with E-state index in [4.69, 9.17) is 4.74 Å². The molecule has 2 aromatic carbocycles. The second-order valence-corrected chi connectivity index (χ2v) is 6.56. The van der Waals surface area contributed by atoms with Crippen molar-refractivity contribution >= 4 is 5.97 Å². The van der Waals surface area contributed by atoms with Crippen molar-refractivity contribution < 1.29 is 44.2 Å². The predicted molar refractivity (Wildman–Crippen MR) is 98.6 cm³/mol. The molecule has 0 spiro atoms. The molecular formula is C21H25N2NaO3. The Bertz CT molecular complexity index is 637. The molecule has 0 unspecified atom stereocenters. The van der Waals surface area contributed by atoms with Gasteiger partial charge in [-0.15, -0.1) is 0 Å². The third-order valence-electron chi connectivity index (χ3n) is 4.71. The maximum absolute atomic E-state index is 10.7. The molecule has 1 aliphatic rings. The maximum Gasteiger partial charge on any atom is 1.00 e. The van der Waals surface area contributed by atoms with E-state index >= 15 is 0 Å². The molecule has 5 nitrogen and oxygen atoms in total. The fourth-order valence-electron chi connectivity index (χ4n) is 3.29. The number of hydrogen-bond acceptors (Lipinski definition) is 5. The molecule has 0 aromatic heterocycles. The van der Waals surface area contributed by atoms with Crippen LogP contribution in [0.25, 0.3) is 0 Å². The molecule has 0 saturated carbocycles. The van der Waals surface area contributed by atoms with Crippen LogP contribution >= 0.6 is 0 Å². The molecule has 0 bridgehead atoms. The Labute approximate surface area is 183 Å². The molecule has 0 N–H and O–H groups in total. The summed E-state index contributed by atoms with van der Waals surface area (Å²) in [5.74, 6) is -1.00. The summed E-state index contributed by atoms with van der Waals surface area (Å²) in [5, 5.41) is 10.7. The van der Waals surface area contributed by atoms with Gasteiger partial charge in [-0.05, 0) is 11.1 Å². The van der Waals surface area contributed by atoms with E-state index in [0.717, 1.165) is 43.9 Å². The molecular weight excluding hydrogens is 351 g/mol. The summed E-state index contributed by atoms with van der Waals surface area (Å²) in [6, 6.07) is 20.5. The number of aliphatic carboxylic acids is 1. The first-order chi connectivity index (χ1) is 12.7. The van der Waals surface area contributed by atoms with Crippen LogP contribution in [0.1, 0.15) is 17.2 Å². The van der Waals surface area contributed by atoms with Crippen LogP contribution in [0.5, 0.6) is 0 Å². The van der Waals surface area contributed by atoms with Crippen molar-refractivity contribution in [2.45, 2.75) is 6.10 Å². The van der Waals surface area contributed by atoms with E-state index in [2.05, 4.69) is 29.2 Å². The normalized spacial score (nSPS) is 15.4. The SMILES string of the molecule is O=C([O-])CN1CCN(CCOC(c2ccccc2)c2ccccc2)CC1.[Na+]. The quantitative estimate of drug-likeness (QED) is 0.507. The number of rotatable bonds is 8. The van der Waals surface area contributed by atoms with E-state index in [1.165, 1.54) is 0 Å². The van der Waals surface area contributed by atoms with Gasteiger partial charge in [0.15, 0.2) is 0 Å². The Kier molecular flexibility index (Phi) is 9.48. The summed E-state index contributed by atoms with van der Waals surface area (Å²) in [5.41, 5.74) is 2.30. The van der Waals surface area contributed by atoms with Gasteiger partial charge in [-0.3, -0.25) is 9.80 Å². The first-order valence-electron chi connectivity index (χ1n) is 9.08. The Morgan fingerprint density at radius 1 is 0.889 bits per heavy atom. The van der Waals surface area contributed by atoms with E-state index in [1.807, 2.05) is 41.3 Å². The number of ether oxygens (including phenoxy) is 1. The summed E-state index contributed by atoms with van der Waals surface area (Å²) in [6.07, 6.45) is -0.0724. The van der Waals surface area contributed by atoms with Gasteiger partial charge in [0.25, 0.3) is 0 Å².